The second-order valence-electron chi connectivity index (χ2n) is 6.94. The molecule has 1 aromatic carbocycles. The molecule has 6 bridgehead atoms. The highest BCUT2D eigenvalue weighted by molar-refractivity contribution is 5.80. The van der Waals surface area contributed by atoms with Gasteiger partial charge in [-0.1, -0.05) is 30.3 Å². The molecule has 0 aliphatic heterocycles. The van der Waals surface area contributed by atoms with Crippen molar-refractivity contribution in [3.05, 3.63) is 35.9 Å². The summed E-state index contributed by atoms with van der Waals surface area (Å²) < 4.78 is 0. The van der Waals surface area contributed by atoms with Crippen LogP contribution >= 0.6 is 0 Å². The zero-order chi connectivity index (χ0) is 12.0. The summed E-state index contributed by atoms with van der Waals surface area (Å²) in [6.45, 7) is 1.82. The third kappa shape index (κ3) is 0.888. The fourth-order valence-corrected chi connectivity index (χ4v) is 6.37. The number of rotatable bonds is 2. The Bertz CT molecular complexity index is 534. The van der Waals surface area contributed by atoms with E-state index >= 15 is 0 Å². The molecule has 1 nitrogen and oxygen atoms in total. The molecule has 18 heavy (non-hydrogen) atoms. The van der Waals surface area contributed by atoms with Crippen LogP contribution in [0.4, 0.5) is 0 Å². The van der Waals surface area contributed by atoms with Gasteiger partial charge < -0.3 is 0 Å². The summed E-state index contributed by atoms with van der Waals surface area (Å²) in [7, 11) is 0. The number of Topliss-reactive ketones (excluding diaryl/α,β-unsaturated/α-hetero) is 1. The first-order valence-corrected chi connectivity index (χ1v) is 7.34. The van der Waals surface area contributed by atoms with E-state index in [-0.39, 0.29) is 0 Å². The highest BCUT2D eigenvalue weighted by atomic mass is 16.1. The summed E-state index contributed by atoms with van der Waals surface area (Å²) in [5, 5.41) is 0. The molecule has 5 fully saturated rings. The largest absolute Gasteiger partial charge is 0.300 e. The molecule has 0 heterocycles. The molecule has 5 aliphatic carbocycles. The van der Waals surface area contributed by atoms with Gasteiger partial charge in [-0.2, -0.15) is 0 Å². The molecule has 0 unspecified atom stereocenters. The van der Waals surface area contributed by atoms with Gasteiger partial charge >= 0.3 is 0 Å². The van der Waals surface area contributed by atoms with Crippen LogP contribution in [0.25, 0.3) is 0 Å². The predicted molar refractivity (Wildman–Crippen MR) is 68.9 cm³/mol. The molecule has 0 N–H and O–H groups in total. The number of carbonyl (C=O) groups is 1. The molecule has 0 spiro atoms. The van der Waals surface area contributed by atoms with E-state index in [1.807, 2.05) is 6.92 Å². The topological polar surface area (TPSA) is 17.1 Å². The molecule has 0 amide bonds. The van der Waals surface area contributed by atoms with Gasteiger partial charge in [0.1, 0.15) is 5.78 Å². The SMILES string of the molecule is CC(=O)[C@@H]1C[C@H]2[C@@H]3[C@@H]4[C@H](c5ccccc5)[C@H]2[C@H]1[C@H]34. The van der Waals surface area contributed by atoms with E-state index in [0.29, 0.717) is 11.7 Å². The molecule has 8 atom stereocenters. The molecule has 1 heteroatoms. The summed E-state index contributed by atoms with van der Waals surface area (Å²) in [4.78, 5) is 11.8. The number of hydrogen-bond acceptors (Lipinski definition) is 1. The summed E-state index contributed by atoms with van der Waals surface area (Å²) in [6, 6.07) is 11.1. The van der Waals surface area contributed by atoms with Crippen molar-refractivity contribution in [2.75, 3.05) is 0 Å². The average molecular weight is 238 g/mol. The number of benzene rings is 1. The Morgan fingerprint density at radius 1 is 1.00 bits per heavy atom. The lowest BCUT2D eigenvalue weighted by Crippen LogP contribution is -2.21. The number of carbonyl (C=O) groups excluding carboxylic acids is 1. The quantitative estimate of drug-likeness (QED) is 0.773. The zero-order valence-corrected chi connectivity index (χ0v) is 10.6. The first-order chi connectivity index (χ1) is 8.79. The van der Waals surface area contributed by atoms with Crippen molar-refractivity contribution in [1.29, 1.82) is 0 Å². The van der Waals surface area contributed by atoms with E-state index in [2.05, 4.69) is 30.3 Å². The van der Waals surface area contributed by atoms with Crippen LogP contribution in [-0.4, -0.2) is 5.78 Å². The van der Waals surface area contributed by atoms with Crippen LogP contribution < -0.4 is 0 Å². The van der Waals surface area contributed by atoms with Gasteiger partial charge in [0.15, 0.2) is 0 Å². The summed E-state index contributed by atoms with van der Waals surface area (Å²) in [6.07, 6.45) is 1.21. The maximum atomic E-state index is 11.8. The minimum absolute atomic E-state index is 0.417. The van der Waals surface area contributed by atoms with Crippen LogP contribution in [0.15, 0.2) is 30.3 Å². The van der Waals surface area contributed by atoms with Crippen LogP contribution in [0.5, 0.6) is 0 Å². The van der Waals surface area contributed by atoms with Crippen molar-refractivity contribution in [2.45, 2.75) is 19.3 Å². The molecule has 6 rings (SSSR count). The van der Waals surface area contributed by atoms with Crippen molar-refractivity contribution >= 4 is 5.78 Å². The second-order valence-corrected chi connectivity index (χ2v) is 6.94. The fourth-order valence-electron chi connectivity index (χ4n) is 6.37. The van der Waals surface area contributed by atoms with Gasteiger partial charge in [0.25, 0.3) is 0 Å². The minimum atomic E-state index is 0.417. The molecule has 0 aromatic heterocycles. The van der Waals surface area contributed by atoms with Gasteiger partial charge in [-0.05, 0) is 60.3 Å². The van der Waals surface area contributed by atoms with Crippen molar-refractivity contribution in [2.24, 2.45) is 41.4 Å². The van der Waals surface area contributed by atoms with Crippen LogP contribution in [-0.2, 0) is 4.79 Å². The smallest absolute Gasteiger partial charge is 0.133 e. The maximum absolute atomic E-state index is 11.8. The third-order valence-electron chi connectivity index (χ3n) is 6.60. The van der Waals surface area contributed by atoms with E-state index in [9.17, 15) is 4.79 Å². The third-order valence-corrected chi connectivity index (χ3v) is 6.60. The summed E-state index contributed by atoms with van der Waals surface area (Å²) >= 11 is 0. The Kier molecular flexibility index (Phi) is 1.57. The van der Waals surface area contributed by atoms with Gasteiger partial charge in [0, 0.05) is 5.92 Å². The van der Waals surface area contributed by atoms with Crippen LogP contribution in [0.2, 0.25) is 0 Å². The lowest BCUT2D eigenvalue weighted by Gasteiger charge is -2.20. The lowest BCUT2D eigenvalue weighted by molar-refractivity contribution is -0.122. The Balaban J connectivity index is 1.56. The van der Waals surface area contributed by atoms with Crippen LogP contribution in [0.1, 0.15) is 24.8 Å². The monoisotopic (exact) mass is 238 g/mol. The Labute approximate surface area is 108 Å². The zero-order valence-electron chi connectivity index (χ0n) is 10.6. The average Bonchev–Trinajstić information content (AvgIpc) is 2.71. The molecule has 5 saturated carbocycles. The van der Waals surface area contributed by atoms with Crippen molar-refractivity contribution in [3.63, 3.8) is 0 Å². The van der Waals surface area contributed by atoms with Crippen LogP contribution in [0.3, 0.4) is 0 Å². The van der Waals surface area contributed by atoms with E-state index in [1.54, 1.807) is 5.56 Å². The lowest BCUT2D eigenvalue weighted by atomic mass is 9.83. The molecule has 0 saturated heterocycles. The molecule has 1 aromatic rings. The first kappa shape index (κ1) is 9.77. The van der Waals surface area contributed by atoms with E-state index < -0.39 is 0 Å². The Hall–Kier alpha value is -1.11. The minimum Gasteiger partial charge on any atom is -0.300 e. The van der Waals surface area contributed by atoms with Gasteiger partial charge in [0.05, 0.1) is 0 Å². The van der Waals surface area contributed by atoms with Gasteiger partial charge in [-0.25, -0.2) is 0 Å². The van der Waals surface area contributed by atoms with Gasteiger partial charge in [0.2, 0.25) is 0 Å². The summed E-state index contributed by atoms with van der Waals surface area (Å²) in [5.41, 5.74) is 1.55. The fraction of sp³-hybridized carbons (Fsp3) is 0.588. The Morgan fingerprint density at radius 3 is 2.44 bits per heavy atom. The molecular weight excluding hydrogens is 220 g/mol. The molecule has 5 aliphatic rings. The highest BCUT2D eigenvalue weighted by Crippen LogP contribution is 2.86. The predicted octanol–water partition coefficient (Wildman–Crippen LogP) is 3.12. The highest BCUT2D eigenvalue weighted by Gasteiger charge is 2.81. The maximum Gasteiger partial charge on any atom is 0.133 e. The van der Waals surface area contributed by atoms with E-state index in [1.165, 1.54) is 6.42 Å². The second kappa shape index (κ2) is 2.89. The molecular formula is C17H18O. The number of hydrogen-bond donors (Lipinski definition) is 0. The van der Waals surface area contributed by atoms with E-state index in [0.717, 1.165) is 41.4 Å². The number of ketones is 1. The molecule has 0 radical (unpaired) electrons. The van der Waals surface area contributed by atoms with Crippen molar-refractivity contribution in [3.8, 4) is 0 Å². The van der Waals surface area contributed by atoms with E-state index in [4.69, 9.17) is 0 Å². The summed E-state index contributed by atoms with van der Waals surface area (Å²) in [5.74, 6) is 7.04. The standard InChI is InChI=1S/C17H18O/c1-8(18)10-7-11-14-12(9-5-3-2-4-6-9)16-15(11)17(16)13(10)14/h2-6,10-17H,7H2,1H3/t10-,11+,12+,13-,14-,15+,16-,17+/m0/s1. The Morgan fingerprint density at radius 2 is 1.78 bits per heavy atom. The van der Waals surface area contributed by atoms with Gasteiger partial charge in [-0.3, -0.25) is 4.79 Å². The van der Waals surface area contributed by atoms with Crippen LogP contribution in [0, 0.1) is 41.4 Å². The van der Waals surface area contributed by atoms with Gasteiger partial charge in [-0.15, -0.1) is 0 Å². The van der Waals surface area contributed by atoms with Crippen molar-refractivity contribution < 1.29 is 4.79 Å². The molecule has 92 valence electrons. The van der Waals surface area contributed by atoms with Crippen molar-refractivity contribution in [1.82, 2.24) is 0 Å². The first-order valence-electron chi connectivity index (χ1n) is 7.34. The normalized spacial score (nSPS) is 53.8.